The number of carbonyl (C=O) groups excluding carboxylic acids is 1. The first kappa shape index (κ1) is 20.5. The molecule has 0 N–H and O–H groups in total. The van der Waals surface area contributed by atoms with Crippen molar-refractivity contribution in [1.82, 2.24) is 14.7 Å². The molecule has 1 amide bonds. The van der Waals surface area contributed by atoms with Crippen LogP contribution in [0, 0.1) is 5.92 Å². The number of benzene rings is 1. The largest absolute Gasteiger partial charge is 0.333 e. The Kier molecular flexibility index (Phi) is 5.88. The highest BCUT2D eigenvalue weighted by molar-refractivity contribution is 7.91. The summed E-state index contributed by atoms with van der Waals surface area (Å²) in [6, 6.07) is 6.63. The van der Waals surface area contributed by atoms with Gasteiger partial charge in [-0.1, -0.05) is 39.0 Å². The molecule has 0 radical (unpaired) electrons. The van der Waals surface area contributed by atoms with Gasteiger partial charge in [0.25, 0.3) is 11.5 Å². The van der Waals surface area contributed by atoms with Crippen molar-refractivity contribution in [3.05, 3.63) is 40.3 Å². The fourth-order valence-electron chi connectivity index (χ4n) is 3.71. The van der Waals surface area contributed by atoms with Crippen molar-refractivity contribution in [2.24, 2.45) is 5.92 Å². The number of sulfone groups is 1. The third kappa shape index (κ3) is 4.11. The van der Waals surface area contributed by atoms with E-state index in [1.165, 1.54) is 4.68 Å². The van der Waals surface area contributed by atoms with Gasteiger partial charge in [0.15, 0.2) is 15.5 Å². The fourth-order valence-corrected chi connectivity index (χ4v) is 5.44. The third-order valence-electron chi connectivity index (χ3n) is 4.98. The lowest BCUT2D eigenvalue weighted by molar-refractivity contribution is 0.0690. The van der Waals surface area contributed by atoms with E-state index in [2.05, 4.69) is 5.10 Å². The predicted octanol–water partition coefficient (Wildman–Crippen LogP) is 2.09. The zero-order chi connectivity index (χ0) is 20.5. The van der Waals surface area contributed by atoms with Gasteiger partial charge in [-0.15, -0.1) is 0 Å². The fraction of sp³-hybridized carbons (Fsp3) is 0.550. The minimum atomic E-state index is -3.12. The molecule has 0 aliphatic carbocycles. The van der Waals surface area contributed by atoms with Gasteiger partial charge in [0.05, 0.1) is 16.9 Å². The Balaban J connectivity index is 2.11. The second kappa shape index (κ2) is 8.03. The Bertz CT molecular complexity index is 1040. The molecule has 1 aromatic heterocycles. The Hall–Kier alpha value is -2.22. The van der Waals surface area contributed by atoms with Crippen LogP contribution in [0.5, 0.6) is 0 Å². The summed E-state index contributed by atoms with van der Waals surface area (Å²) in [5, 5.41) is 5.38. The number of amides is 1. The van der Waals surface area contributed by atoms with Crippen LogP contribution in [0.2, 0.25) is 0 Å². The van der Waals surface area contributed by atoms with E-state index in [0.717, 1.165) is 0 Å². The summed E-state index contributed by atoms with van der Waals surface area (Å²) in [5.74, 6) is -0.0206. The van der Waals surface area contributed by atoms with Gasteiger partial charge in [-0.25, -0.2) is 13.1 Å². The summed E-state index contributed by atoms with van der Waals surface area (Å²) >= 11 is 0. The van der Waals surface area contributed by atoms with Gasteiger partial charge in [-0.05, 0) is 24.8 Å². The van der Waals surface area contributed by atoms with E-state index in [1.54, 1.807) is 29.2 Å². The van der Waals surface area contributed by atoms with Gasteiger partial charge in [0.2, 0.25) is 0 Å². The van der Waals surface area contributed by atoms with Crippen LogP contribution in [0.1, 0.15) is 44.1 Å². The summed E-state index contributed by atoms with van der Waals surface area (Å²) in [6.45, 7) is 6.79. The molecular formula is C20H27N3O4S. The number of hydrogen-bond donors (Lipinski definition) is 0. The lowest BCUT2D eigenvalue weighted by atomic mass is 10.1. The average molecular weight is 406 g/mol. The van der Waals surface area contributed by atoms with Crippen molar-refractivity contribution in [1.29, 1.82) is 0 Å². The van der Waals surface area contributed by atoms with Gasteiger partial charge in [0, 0.05) is 24.5 Å². The second-order valence-electron chi connectivity index (χ2n) is 7.83. The van der Waals surface area contributed by atoms with E-state index in [0.29, 0.717) is 36.7 Å². The van der Waals surface area contributed by atoms with E-state index < -0.39 is 9.84 Å². The smallest absolute Gasteiger partial charge is 0.275 e. The molecule has 1 fully saturated rings. The van der Waals surface area contributed by atoms with E-state index in [9.17, 15) is 18.0 Å². The van der Waals surface area contributed by atoms with Crippen molar-refractivity contribution in [2.75, 3.05) is 18.1 Å². The maximum absolute atomic E-state index is 13.4. The zero-order valence-corrected chi connectivity index (χ0v) is 17.4. The normalized spacial score (nSPS) is 18.6. The summed E-state index contributed by atoms with van der Waals surface area (Å²) < 4.78 is 25.2. The maximum Gasteiger partial charge on any atom is 0.275 e. The van der Waals surface area contributed by atoms with Gasteiger partial charge < -0.3 is 4.90 Å². The molecule has 2 aromatic rings. The molecule has 2 heterocycles. The van der Waals surface area contributed by atoms with Crippen LogP contribution in [0.3, 0.4) is 0 Å². The predicted molar refractivity (Wildman–Crippen MR) is 109 cm³/mol. The van der Waals surface area contributed by atoms with Gasteiger partial charge in [0.1, 0.15) is 0 Å². The highest BCUT2D eigenvalue weighted by atomic mass is 32.2. The molecule has 7 nitrogen and oxygen atoms in total. The van der Waals surface area contributed by atoms with Crippen molar-refractivity contribution < 1.29 is 13.2 Å². The molecule has 1 aromatic carbocycles. The first-order chi connectivity index (χ1) is 13.2. The van der Waals surface area contributed by atoms with Crippen LogP contribution in [-0.4, -0.2) is 53.1 Å². The number of rotatable bonds is 6. The first-order valence-corrected chi connectivity index (χ1v) is 11.6. The zero-order valence-electron chi connectivity index (χ0n) is 16.6. The molecule has 1 unspecified atom stereocenters. The molecule has 0 saturated carbocycles. The van der Waals surface area contributed by atoms with Crippen molar-refractivity contribution in [2.45, 2.75) is 46.2 Å². The molecule has 1 atom stereocenters. The molecule has 0 spiro atoms. The van der Waals surface area contributed by atoms with Crippen molar-refractivity contribution in [3.8, 4) is 0 Å². The topological polar surface area (TPSA) is 89.3 Å². The summed E-state index contributed by atoms with van der Waals surface area (Å²) in [5.41, 5.74) is -0.0000614. The minimum absolute atomic E-state index is 0.0116. The molecule has 1 aliphatic rings. The minimum Gasteiger partial charge on any atom is -0.333 e. The lowest BCUT2D eigenvalue weighted by Gasteiger charge is -2.28. The van der Waals surface area contributed by atoms with Crippen LogP contribution in [0.15, 0.2) is 29.1 Å². The Morgan fingerprint density at radius 1 is 1.29 bits per heavy atom. The number of fused-ring (bicyclic) bond motifs is 1. The molecule has 1 saturated heterocycles. The molecular weight excluding hydrogens is 378 g/mol. The summed E-state index contributed by atoms with van der Waals surface area (Å²) in [7, 11) is -3.12. The van der Waals surface area contributed by atoms with Crippen LogP contribution < -0.4 is 5.56 Å². The Morgan fingerprint density at radius 3 is 2.54 bits per heavy atom. The third-order valence-corrected chi connectivity index (χ3v) is 6.73. The standard InChI is InChI=1S/C20H27N3O4S/c1-4-10-22(15-9-11-28(26,27)13-15)20(25)18-16-7-5-6-8-17(16)19(24)23(21-18)12-14(2)3/h5-8,14-15H,4,9-13H2,1-3H3. The Morgan fingerprint density at radius 2 is 1.96 bits per heavy atom. The van der Waals surface area contributed by atoms with E-state index in [1.807, 2.05) is 20.8 Å². The molecule has 28 heavy (non-hydrogen) atoms. The monoisotopic (exact) mass is 405 g/mol. The van der Waals surface area contributed by atoms with Gasteiger partial charge in [-0.3, -0.25) is 9.59 Å². The quantitative estimate of drug-likeness (QED) is 0.734. The number of aromatic nitrogens is 2. The number of nitrogens with zero attached hydrogens (tertiary/aromatic N) is 3. The first-order valence-electron chi connectivity index (χ1n) is 9.74. The van der Waals surface area contributed by atoms with E-state index >= 15 is 0 Å². The van der Waals surface area contributed by atoms with Crippen LogP contribution in [0.25, 0.3) is 10.8 Å². The highest BCUT2D eigenvalue weighted by Gasteiger charge is 2.35. The average Bonchev–Trinajstić information content (AvgIpc) is 3.00. The van der Waals surface area contributed by atoms with E-state index in [4.69, 9.17) is 0 Å². The van der Waals surface area contributed by atoms with Gasteiger partial charge >= 0.3 is 0 Å². The molecule has 1 aliphatic heterocycles. The second-order valence-corrected chi connectivity index (χ2v) is 10.1. The number of carbonyl (C=O) groups is 1. The van der Waals surface area contributed by atoms with Gasteiger partial charge in [-0.2, -0.15) is 5.10 Å². The lowest BCUT2D eigenvalue weighted by Crippen LogP contribution is -2.43. The van der Waals surface area contributed by atoms with Crippen LogP contribution in [-0.2, 0) is 16.4 Å². The van der Waals surface area contributed by atoms with Crippen molar-refractivity contribution in [3.63, 3.8) is 0 Å². The number of hydrogen-bond acceptors (Lipinski definition) is 5. The van der Waals surface area contributed by atoms with E-state index in [-0.39, 0.29) is 40.6 Å². The van der Waals surface area contributed by atoms with Crippen LogP contribution >= 0.6 is 0 Å². The summed E-state index contributed by atoms with van der Waals surface area (Å²) in [6.07, 6.45) is 1.16. The Labute approximate surface area is 165 Å². The highest BCUT2D eigenvalue weighted by Crippen LogP contribution is 2.22. The molecule has 0 bridgehead atoms. The maximum atomic E-state index is 13.4. The SMILES string of the molecule is CCCN(C(=O)c1nn(CC(C)C)c(=O)c2ccccc12)C1CCS(=O)(=O)C1. The molecule has 8 heteroatoms. The molecule has 152 valence electrons. The summed E-state index contributed by atoms with van der Waals surface area (Å²) in [4.78, 5) is 27.8. The van der Waals surface area contributed by atoms with Crippen LogP contribution in [0.4, 0.5) is 0 Å². The van der Waals surface area contributed by atoms with Crippen molar-refractivity contribution >= 4 is 26.5 Å². The molecule has 3 rings (SSSR count).